The van der Waals surface area contributed by atoms with Gasteiger partial charge in [0.1, 0.15) is 0 Å². The molecule has 1 aromatic carbocycles. The molecule has 0 saturated heterocycles. The molecule has 148 valence electrons. The van der Waals surface area contributed by atoms with Crippen LogP contribution in [0.1, 0.15) is 25.2 Å². The highest BCUT2D eigenvalue weighted by atomic mass is 32.2. The third-order valence-corrected chi connectivity index (χ3v) is 5.46. The molecular weight excluding hydrogens is 374 g/mol. The summed E-state index contributed by atoms with van der Waals surface area (Å²) in [7, 11) is 1.84. The number of carbonyl (C=O) groups is 1. The second kappa shape index (κ2) is 8.18. The summed E-state index contributed by atoms with van der Waals surface area (Å²) in [5.74, 6) is 0.300. The van der Waals surface area contributed by atoms with E-state index in [1.807, 2.05) is 39.1 Å². The largest absolute Gasteiger partial charge is 0.322 e. The Kier molecular flexibility index (Phi) is 5.88. The highest BCUT2D eigenvalue weighted by molar-refractivity contribution is 7.99. The van der Waals surface area contributed by atoms with Crippen LogP contribution in [0.25, 0.3) is 10.9 Å². The molecule has 28 heavy (non-hydrogen) atoms. The van der Waals surface area contributed by atoms with E-state index >= 15 is 0 Å². The van der Waals surface area contributed by atoms with Crippen molar-refractivity contribution in [2.45, 2.75) is 39.4 Å². The Morgan fingerprint density at radius 3 is 2.61 bits per heavy atom. The van der Waals surface area contributed by atoms with Gasteiger partial charge in [-0.2, -0.15) is 5.10 Å². The normalized spacial score (nSPS) is 11.4. The van der Waals surface area contributed by atoms with Gasteiger partial charge < -0.3 is 5.32 Å². The number of thioether (sulfide) groups is 1. The van der Waals surface area contributed by atoms with Crippen molar-refractivity contribution in [2.24, 2.45) is 13.0 Å². The van der Waals surface area contributed by atoms with Crippen molar-refractivity contribution in [2.75, 3.05) is 11.1 Å². The van der Waals surface area contributed by atoms with E-state index < -0.39 is 0 Å². The van der Waals surface area contributed by atoms with Gasteiger partial charge in [0, 0.05) is 13.6 Å². The lowest BCUT2D eigenvalue weighted by Gasteiger charge is -2.15. The van der Waals surface area contributed by atoms with Crippen LogP contribution in [0.5, 0.6) is 0 Å². The standard InChI is InChI=1S/C20H25N5O2S/c1-12(2)10-25-19(27)15-8-6-7-9-16(15)21-20(25)28-11-17(26)22-18-13(3)23-24(5)14(18)4/h6-9,12H,10-11H2,1-5H3,(H,22,26). The Morgan fingerprint density at radius 1 is 1.25 bits per heavy atom. The number of amides is 1. The van der Waals surface area contributed by atoms with E-state index in [0.29, 0.717) is 22.6 Å². The molecule has 1 amide bonds. The lowest BCUT2D eigenvalue weighted by Crippen LogP contribution is -2.26. The minimum Gasteiger partial charge on any atom is -0.322 e. The average Bonchev–Trinajstić information content (AvgIpc) is 2.88. The molecule has 1 N–H and O–H groups in total. The van der Waals surface area contributed by atoms with Crippen LogP contribution in [0.2, 0.25) is 0 Å². The first-order valence-corrected chi connectivity index (χ1v) is 10.2. The third-order valence-electron chi connectivity index (χ3n) is 4.48. The van der Waals surface area contributed by atoms with Crippen LogP contribution >= 0.6 is 11.8 Å². The lowest BCUT2D eigenvalue weighted by molar-refractivity contribution is -0.113. The van der Waals surface area contributed by atoms with Crippen molar-refractivity contribution in [3.05, 3.63) is 46.0 Å². The fourth-order valence-corrected chi connectivity index (χ4v) is 3.85. The summed E-state index contributed by atoms with van der Waals surface area (Å²) in [4.78, 5) is 30.0. The average molecular weight is 400 g/mol. The molecule has 2 heterocycles. The van der Waals surface area contributed by atoms with E-state index in [4.69, 9.17) is 0 Å². The number of hydrogen-bond donors (Lipinski definition) is 1. The van der Waals surface area contributed by atoms with Gasteiger partial charge >= 0.3 is 0 Å². The fraction of sp³-hybridized carbons (Fsp3) is 0.400. The van der Waals surface area contributed by atoms with Gasteiger partial charge in [0.2, 0.25) is 5.91 Å². The molecule has 0 fully saturated rings. The maximum Gasteiger partial charge on any atom is 0.262 e. The van der Waals surface area contributed by atoms with Gasteiger partial charge in [-0.3, -0.25) is 18.8 Å². The topological polar surface area (TPSA) is 81.8 Å². The van der Waals surface area contributed by atoms with Gasteiger partial charge in [-0.05, 0) is 31.9 Å². The van der Waals surface area contributed by atoms with Gasteiger partial charge in [0.25, 0.3) is 5.56 Å². The number of rotatable bonds is 6. The number of aryl methyl sites for hydroxylation is 2. The zero-order valence-electron chi connectivity index (χ0n) is 16.8. The number of fused-ring (bicyclic) bond motifs is 1. The molecule has 0 atom stereocenters. The molecule has 0 aliphatic carbocycles. The Morgan fingerprint density at radius 2 is 1.96 bits per heavy atom. The number of carbonyl (C=O) groups excluding carboxylic acids is 1. The number of hydrogen-bond acceptors (Lipinski definition) is 5. The van der Waals surface area contributed by atoms with Crippen LogP contribution in [0.15, 0.2) is 34.2 Å². The third kappa shape index (κ3) is 4.11. The van der Waals surface area contributed by atoms with Crippen LogP contribution in [0, 0.1) is 19.8 Å². The number of para-hydroxylation sites is 1. The van der Waals surface area contributed by atoms with Crippen LogP contribution in [-0.2, 0) is 18.4 Å². The van der Waals surface area contributed by atoms with E-state index in [9.17, 15) is 9.59 Å². The molecule has 0 unspecified atom stereocenters. The van der Waals surface area contributed by atoms with E-state index in [2.05, 4.69) is 29.2 Å². The number of benzene rings is 1. The second-order valence-electron chi connectivity index (χ2n) is 7.23. The Labute approximate surface area is 168 Å². The highest BCUT2D eigenvalue weighted by Crippen LogP contribution is 2.21. The monoisotopic (exact) mass is 399 g/mol. The molecule has 0 aliphatic rings. The summed E-state index contributed by atoms with van der Waals surface area (Å²) in [5, 5.41) is 8.39. The van der Waals surface area contributed by atoms with Gasteiger partial charge in [0.15, 0.2) is 5.16 Å². The lowest BCUT2D eigenvalue weighted by atomic mass is 10.2. The smallest absolute Gasteiger partial charge is 0.262 e. The Balaban J connectivity index is 1.85. The van der Waals surface area contributed by atoms with E-state index in [-0.39, 0.29) is 23.1 Å². The summed E-state index contributed by atoms with van der Waals surface area (Å²) < 4.78 is 3.41. The first kappa shape index (κ1) is 20.1. The molecule has 0 bridgehead atoms. The number of anilines is 1. The minimum absolute atomic E-state index is 0.0684. The Bertz CT molecular complexity index is 1080. The first-order valence-electron chi connectivity index (χ1n) is 9.20. The molecule has 0 saturated carbocycles. The molecule has 3 rings (SSSR count). The van der Waals surface area contributed by atoms with Gasteiger partial charge in [-0.25, -0.2) is 4.98 Å². The number of nitrogens with zero attached hydrogens (tertiary/aromatic N) is 4. The Hall–Kier alpha value is -2.61. The first-order chi connectivity index (χ1) is 13.3. The number of nitrogens with one attached hydrogen (secondary N) is 1. The quantitative estimate of drug-likeness (QED) is 0.509. The summed E-state index contributed by atoms with van der Waals surface area (Å²) in [5.41, 5.74) is 2.99. The van der Waals surface area contributed by atoms with E-state index in [1.54, 1.807) is 15.3 Å². The molecular formula is C20H25N5O2S. The minimum atomic E-state index is -0.150. The molecule has 0 spiro atoms. The maximum absolute atomic E-state index is 12.9. The molecule has 2 aromatic heterocycles. The summed E-state index contributed by atoms with van der Waals surface area (Å²) >= 11 is 1.28. The summed E-state index contributed by atoms with van der Waals surface area (Å²) in [6, 6.07) is 7.31. The van der Waals surface area contributed by atoms with Crippen molar-refractivity contribution in [3.63, 3.8) is 0 Å². The van der Waals surface area contributed by atoms with Crippen molar-refractivity contribution in [3.8, 4) is 0 Å². The summed E-state index contributed by atoms with van der Waals surface area (Å²) in [6.07, 6.45) is 0. The van der Waals surface area contributed by atoms with Crippen molar-refractivity contribution >= 4 is 34.3 Å². The molecule has 0 radical (unpaired) electrons. The van der Waals surface area contributed by atoms with Crippen molar-refractivity contribution in [1.29, 1.82) is 0 Å². The molecule has 8 heteroatoms. The SMILES string of the molecule is Cc1nn(C)c(C)c1NC(=O)CSc1nc2ccccc2c(=O)n1CC(C)C. The zero-order chi connectivity index (χ0) is 20.4. The predicted octanol–water partition coefficient (Wildman–Crippen LogP) is 3.13. The van der Waals surface area contributed by atoms with Crippen LogP contribution in [0.4, 0.5) is 5.69 Å². The van der Waals surface area contributed by atoms with Gasteiger partial charge in [-0.1, -0.05) is 37.7 Å². The van der Waals surface area contributed by atoms with Crippen LogP contribution in [-0.4, -0.2) is 31.0 Å². The molecule has 7 nitrogen and oxygen atoms in total. The molecule has 0 aliphatic heterocycles. The summed E-state index contributed by atoms with van der Waals surface area (Å²) in [6.45, 7) is 8.43. The maximum atomic E-state index is 12.9. The van der Waals surface area contributed by atoms with Gasteiger partial charge in [0.05, 0.1) is 33.7 Å². The highest BCUT2D eigenvalue weighted by Gasteiger charge is 2.16. The molecule has 3 aromatic rings. The van der Waals surface area contributed by atoms with Crippen LogP contribution < -0.4 is 10.9 Å². The zero-order valence-corrected chi connectivity index (χ0v) is 17.6. The van der Waals surface area contributed by atoms with Crippen molar-refractivity contribution in [1.82, 2.24) is 19.3 Å². The van der Waals surface area contributed by atoms with Gasteiger partial charge in [-0.15, -0.1) is 0 Å². The van der Waals surface area contributed by atoms with E-state index in [0.717, 1.165) is 17.1 Å². The van der Waals surface area contributed by atoms with Crippen LogP contribution in [0.3, 0.4) is 0 Å². The second-order valence-corrected chi connectivity index (χ2v) is 8.17. The fourth-order valence-electron chi connectivity index (χ4n) is 3.04. The van der Waals surface area contributed by atoms with E-state index in [1.165, 1.54) is 11.8 Å². The van der Waals surface area contributed by atoms with Crippen molar-refractivity contribution < 1.29 is 4.79 Å². The predicted molar refractivity (Wildman–Crippen MR) is 113 cm³/mol. The number of aromatic nitrogens is 4.